The first kappa shape index (κ1) is 24.5. The molecule has 10 heteroatoms. The molecule has 0 spiro atoms. The smallest absolute Gasteiger partial charge is 0.409 e. The van der Waals surface area contributed by atoms with E-state index in [4.69, 9.17) is 16.3 Å². The number of alkyl halides is 1. The summed E-state index contributed by atoms with van der Waals surface area (Å²) in [6.07, 6.45) is -0.567. The van der Waals surface area contributed by atoms with Crippen molar-refractivity contribution in [2.75, 3.05) is 28.0 Å². The zero-order valence-corrected chi connectivity index (χ0v) is 22.7. The van der Waals surface area contributed by atoms with Crippen LogP contribution >= 0.6 is 11.6 Å². The van der Waals surface area contributed by atoms with Crippen molar-refractivity contribution in [2.45, 2.75) is 5.92 Å². The van der Waals surface area contributed by atoms with Crippen LogP contribution < -0.4 is 20.3 Å². The van der Waals surface area contributed by atoms with Crippen LogP contribution in [0.15, 0.2) is 78.9 Å². The van der Waals surface area contributed by atoms with Crippen LogP contribution in [-0.4, -0.2) is 40.3 Å². The number of H-pyrrole nitrogens is 2. The van der Waals surface area contributed by atoms with Crippen molar-refractivity contribution in [1.29, 1.82) is 0 Å². The Labute approximate surface area is 243 Å². The maximum Gasteiger partial charge on any atom is 0.417 e. The number of fused-ring (bicyclic) bond motifs is 4. The Morgan fingerprint density at radius 1 is 0.929 bits per heavy atom. The number of nitrogens with one attached hydrogen (secondary N) is 4. The maximum atomic E-state index is 13.9. The van der Waals surface area contributed by atoms with Gasteiger partial charge in [-0.05, 0) is 53.4 Å². The molecule has 8 rings (SSSR count). The van der Waals surface area contributed by atoms with Gasteiger partial charge in [0.2, 0.25) is 0 Å². The molecule has 0 saturated heterocycles. The number of aromatic nitrogens is 2. The first-order chi connectivity index (χ1) is 20.5. The van der Waals surface area contributed by atoms with Crippen LogP contribution in [0, 0.1) is 0 Å². The summed E-state index contributed by atoms with van der Waals surface area (Å²) in [5.41, 5.74) is 5.40. The average molecular weight is 576 g/mol. The molecular weight excluding hydrogens is 554 g/mol. The Bertz CT molecular complexity index is 2100. The van der Waals surface area contributed by atoms with Gasteiger partial charge in [0, 0.05) is 57.3 Å². The molecule has 6 aromatic rings. The highest BCUT2D eigenvalue weighted by Crippen LogP contribution is 2.49. The lowest BCUT2D eigenvalue weighted by atomic mass is 9.94. The van der Waals surface area contributed by atoms with Gasteiger partial charge in [-0.25, -0.2) is 4.79 Å². The Balaban J connectivity index is 1.12. The van der Waals surface area contributed by atoms with E-state index in [9.17, 15) is 14.4 Å². The molecule has 1 atom stereocenters. The third-order valence-corrected chi connectivity index (χ3v) is 8.37. The molecule has 0 radical (unpaired) electrons. The van der Waals surface area contributed by atoms with E-state index in [-0.39, 0.29) is 17.7 Å². The summed E-state index contributed by atoms with van der Waals surface area (Å²) in [6, 6.07) is 24.2. The summed E-state index contributed by atoms with van der Waals surface area (Å²) < 4.78 is 5.51. The van der Waals surface area contributed by atoms with Crippen molar-refractivity contribution in [2.24, 2.45) is 0 Å². The van der Waals surface area contributed by atoms with Crippen LogP contribution in [0.5, 0.6) is 5.75 Å². The quantitative estimate of drug-likeness (QED) is 0.170. The molecule has 0 fully saturated rings. The molecule has 206 valence electrons. The van der Waals surface area contributed by atoms with Gasteiger partial charge in [0.15, 0.2) is 0 Å². The number of nitrogens with zero attached hydrogens (tertiary/aromatic N) is 1. The fourth-order valence-corrected chi connectivity index (χ4v) is 6.37. The number of halogens is 1. The van der Waals surface area contributed by atoms with Crippen molar-refractivity contribution in [1.82, 2.24) is 9.97 Å². The molecule has 4 N–H and O–H groups in total. The van der Waals surface area contributed by atoms with Crippen molar-refractivity contribution < 1.29 is 19.1 Å². The number of hydrogen-bond donors (Lipinski definition) is 4. The summed E-state index contributed by atoms with van der Waals surface area (Å²) >= 11 is 6.41. The number of amides is 3. The van der Waals surface area contributed by atoms with Crippen LogP contribution in [0.1, 0.15) is 32.5 Å². The average Bonchev–Trinajstić information content (AvgIpc) is 3.71. The maximum absolute atomic E-state index is 13.9. The number of aromatic amines is 2. The number of ether oxygens (including phenoxy) is 1. The van der Waals surface area contributed by atoms with Crippen LogP contribution in [-0.2, 0) is 0 Å². The number of rotatable bonds is 4. The van der Waals surface area contributed by atoms with E-state index in [1.807, 2.05) is 60.7 Å². The molecule has 2 aromatic heterocycles. The number of anilines is 3. The van der Waals surface area contributed by atoms with E-state index >= 15 is 0 Å². The number of hydrogen-bond acceptors (Lipinski definition) is 4. The first-order valence-corrected chi connectivity index (χ1v) is 14.0. The van der Waals surface area contributed by atoms with E-state index in [0.717, 1.165) is 38.1 Å². The molecule has 4 aromatic carbocycles. The van der Waals surface area contributed by atoms with Crippen molar-refractivity contribution in [3.63, 3.8) is 0 Å². The number of para-hydroxylation sites is 1. The highest BCUT2D eigenvalue weighted by molar-refractivity contribution is 6.20. The van der Waals surface area contributed by atoms with Gasteiger partial charge in [-0.3, -0.25) is 14.9 Å². The second-order valence-corrected chi connectivity index (χ2v) is 10.8. The molecule has 0 aliphatic carbocycles. The SMILES string of the molecule is O=C1Nc2cccc3c4c(cc(c23)O1)N(C(=O)c1cc2cc(NC(=O)c3cc5ccccc5[nH]3)ccc2[nH]1)C[C@H]4CCl. The van der Waals surface area contributed by atoms with Gasteiger partial charge < -0.3 is 24.9 Å². The van der Waals surface area contributed by atoms with Gasteiger partial charge >= 0.3 is 6.09 Å². The first-order valence-electron chi connectivity index (χ1n) is 13.4. The third-order valence-electron chi connectivity index (χ3n) is 8.00. The summed E-state index contributed by atoms with van der Waals surface area (Å²) in [4.78, 5) is 47.0. The molecule has 0 unspecified atom stereocenters. The van der Waals surface area contributed by atoms with Gasteiger partial charge in [0.05, 0.1) is 11.4 Å². The second kappa shape index (κ2) is 9.12. The lowest BCUT2D eigenvalue weighted by molar-refractivity contribution is 0.0982. The number of benzene rings is 4. The highest BCUT2D eigenvalue weighted by Gasteiger charge is 2.37. The molecule has 42 heavy (non-hydrogen) atoms. The third kappa shape index (κ3) is 3.74. The van der Waals surface area contributed by atoms with Gasteiger partial charge in [-0.2, -0.15) is 0 Å². The van der Waals surface area contributed by atoms with E-state index in [0.29, 0.717) is 46.6 Å². The van der Waals surface area contributed by atoms with E-state index < -0.39 is 6.09 Å². The lowest BCUT2D eigenvalue weighted by Crippen LogP contribution is -2.30. The minimum absolute atomic E-state index is 0.0941. The normalized spacial score (nSPS) is 15.6. The Hall–Kier alpha value is -5.28. The molecule has 9 nitrogen and oxygen atoms in total. The van der Waals surface area contributed by atoms with Crippen LogP contribution in [0.2, 0.25) is 0 Å². The second-order valence-electron chi connectivity index (χ2n) is 10.5. The summed E-state index contributed by atoms with van der Waals surface area (Å²) in [6.45, 7) is 0.392. The van der Waals surface area contributed by atoms with Crippen LogP contribution in [0.3, 0.4) is 0 Å². The summed E-state index contributed by atoms with van der Waals surface area (Å²) in [7, 11) is 0. The van der Waals surface area contributed by atoms with E-state index in [2.05, 4.69) is 20.6 Å². The fraction of sp³-hybridized carbons (Fsp3) is 0.0938. The van der Waals surface area contributed by atoms with Gasteiger partial charge in [-0.15, -0.1) is 11.6 Å². The van der Waals surface area contributed by atoms with Gasteiger partial charge in [0.25, 0.3) is 11.8 Å². The topological polar surface area (TPSA) is 119 Å². The monoisotopic (exact) mass is 575 g/mol. The van der Waals surface area contributed by atoms with Gasteiger partial charge in [-0.1, -0.05) is 30.3 Å². The zero-order valence-electron chi connectivity index (χ0n) is 22.0. The summed E-state index contributed by atoms with van der Waals surface area (Å²) in [5, 5.41) is 9.11. The predicted octanol–water partition coefficient (Wildman–Crippen LogP) is 6.96. The molecule has 0 bridgehead atoms. The fourth-order valence-electron chi connectivity index (χ4n) is 6.12. The predicted molar refractivity (Wildman–Crippen MR) is 163 cm³/mol. The van der Waals surface area contributed by atoms with Crippen molar-refractivity contribution in [3.8, 4) is 5.75 Å². The molecule has 4 heterocycles. The molecule has 2 aliphatic heterocycles. The zero-order chi connectivity index (χ0) is 28.5. The highest BCUT2D eigenvalue weighted by atomic mass is 35.5. The largest absolute Gasteiger partial charge is 0.417 e. The van der Waals surface area contributed by atoms with Gasteiger partial charge in [0.1, 0.15) is 17.1 Å². The van der Waals surface area contributed by atoms with Crippen molar-refractivity contribution in [3.05, 3.63) is 95.8 Å². The Morgan fingerprint density at radius 2 is 1.74 bits per heavy atom. The minimum atomic E-state index is -0.567. The molecule has 3 amide bonds. The van der Waals surface area contributed by atoms with Crippen LogP contribution in [0.25, 0.3) is 32.6 Å². The Morgan fingerprint density at radius 3 is 2.60 bits per heavy atom. The van der Waals surface area contributed by atoms with Crippen LogP contribution in [0.4, 0.5) is 21.9 Å². The lowest BCUT2D eigenvalue weighted by Gasteiger charge is -2.22. The Kier molecular flexibility index (Phi) is 5.32. The summed E-state index contributed by atoms with van der Waals surface area (Å²) in [5.74, 6) is 0.154. The minimum Gasteiger partial charge on any atom is -0.409 e. The van der Waals surface area contributed by atoms with E-state index in [1.54, 1.807) is 23.1 Å². The molecule has 2 aliphatic rings. The van der Waals surface area contributed by atoms with Crippen molar-refractivity contribution >= 4 is 79.1 Å². The number of carbonyl (C=O) groups excluding carboxylic acids is 3. The standard InChI is InChI=1S/C32H22ClN5O4/c33-14-18-15-38(26-13-27-29-20(28(18)26)5-3-7-23(29)37-32(41)42-27)31(40)25-12-17-10-19(8-9-22(17)36-25)34-30(39)24-11-16-4-1-2-6-21(16)35-24/h1-13,18,35-36H,14-15H2,(H,34,39)(H,37,41)/t18-/m1/s1. The molecule has 0 saturated carbocycles. The van der Waals surface area contributed by atoms with E-state index in [1.165, 1.54) is 0 Å². The number of carbonyl (C=O) groups is 3. The molecular formula is C32H22ClN5O4.